The van der Waals surface area contributed by atoms with Gasteiger partial charge in [-0.1, -0.05) is 0 Å². The zero-order valence-electron chi connectivity index (χ0n) is 10.6. The van der Waals surface area contributed by atoms with Gasteiger partial charge in [-0.25, -0.2) is 8.78 Å². The molecule has 0 saturated carbocycles. The summed E-state index contributed by atoms with van der Waals surface area (Å²) in [5, 5.41) is 9.14. The van der Waals surface area contributed by atoms with E-state index >= 15 is 0 Å². The Kier molecular flexibility index (Phi) is 4.89. The summed E-state index contributed by atoms with van der Waals surface area (Å²) < 4.78 is 33.3. The average Bonchev–Trinajstić information content (AvgIpc) is 2.38. The third kappa shape index (κ3) is 3.51. The van der Waals surface area contributed by atoms with Crippen molar-refractivity contribution in [2.75, 3.05) is 19.7 Å². The standard InChI is InChI=1S/C13H16BrF2NO2/c1-8-4-17(5-9(7-18)19-8)6-10-12(15)3-2-11(14)13(10)16/h2-3,8-9,18H,4-7H2,1H3. The molecule has 1 aromatic carbocycles. The summed E-state index contributed by atoms with van der Waals surface area (Å²) in [5.41, 5.74) is 0.0418. The van der Waals surface area contributed by atoms with Gasteiger partial charge >= 0.3 is 0 Å². The summed E-state index contributed by atoms with van der Waals surface area (Å²) in [5.74, 6) is -1.12. The number of aliphatic hydroxyl groups is 1. The normalized spacial score (nSPS) is 24.7. The summed E-state index contributed by atoms with van der Waals surface area (Å²) in [6, 6.07) is 2.60. The summed E-state index contributed by atoms with van der Waals surface area (Å²) >= 11 is 3.06. The van der Waals surface area contributed by atoms with Gasteiger partial charge in [-0.15, -0.1) is 0 Å². The molecule has 1 fully saturated rings. The molecule has 0 aliphatic carbocycles. The van der Waals surface area contributed by atoms with Gasteiger partial charge < -0.3 is 9.84 Å². The van der Waals surface area contributed by atoms with E-state index in [1.54, 1.807) is 0 Å². The van der Waals surface area contributed by atoms with Crippen molar-refractivity contribution < 1.29 is 18.6 Å². The molecule has 0 bridgehead atoms. The van der Waals surface area contributed by atoms with E-state index in [0.717, 1.165) is 0 Å². The van der Waals surface area contributed by atoms with Gasteiger partial charge in [0.25, 0.3) is 0 Å². The monoisotopic (exact) mass is 335 g/mol. The van der Waals surface area contributed by atoms with Crippen LogP contribution in [0.25, 0.3) is 0 Å². The van der Waals surface area contributed by atoms with Gasteiger partial charge in [-0.3, -0.25) is 4.90 Å². The number of hydrogen-bond donors (Lipinski definition) is 1. The number of halogens is 3. The van der Waals surface area contributed by atoms with Crippen molar-refractivity contribution in [1.82, 2.24) is 4.90 Å². The highest BCUT2D eigenvalue weighted by atomic mass is 79.9. The van der Waals surface area contributed by atoms with E-state index < -0.39 is 11.6 Å². The molecule has 0 amide bonds. The Morgan fingerprint density at radius 3 is 2.84 bits per heavy atom. The second kappa shape index (κ2) is 6.26. The smallest absolute Gasteiger partial charge is 0.144 e. The number of ether oxygens (including phenoxy) is 1. The topological polar surface area (TPSA) is 32.7 Å². The Morgan fingerprint density at radius 1 is 1.42 bits per heavy atom. The highest BCUT2D eigenvalue weighted by Gasteiger charge is 2.26. The van der Waals surface area contributed by atoms with Crippen LogP contribution in [0.4, 0.5) is 8.78 Å². The fourth-order valence-electron chi connectivity index (χ4n) is 2.31. The molecule has 3 nitrogen and oxygen atoms in total. The second-order valence-electron chi connectivity index (χ2n) is 4.77. The van der Waals surface area contributed by atoms with Crippen molar-refractivity contribution in [2.45, 2.75) is 25.7 Å². The second-order valence-corrected chi connectivity index (χ2v) is 5.62. The number of nitrogens with zero attached hydrogens (tertiary/aromatic N) is 1. The van der Waals surface area contributed by atoms with E-state index in [9.17, 15) is 8.78 Å². The molecule has 1 N–H and O–H groups in total. The largest absolute Gasteiger partial charge is 0.394 e. The minimum absolute atomic E-state index is 0.0418. The van der Waals surface area contributed by atoms with Crippen molar-refractivity contribution in [3.05, 3.63) is 33.8 Å². The number of rotatable bonds is 3. The van der Waals surface area contributed by atoms with E-state index in [0.29, 0.717) is 13.1 Å². The van der Waals surface area contributed by atoms with Crippen molar-refractivity contribution in [3.8, 4) is 0 Å². The predicted molar refractivity (Wildman–Crippen MR) is 70.8 cm³/mol. The van der Waals surface area contributed by atoms with E-state index in [1.165, 1.54) is 12.1 Å². The van der Waals surface area contributed by atoms with Crippen LogP contribution in [0.15, 0.2) is 16.6 Å². The van der Waals surface area contributed by atoms with Crippen LogP contribution in [0.1, 0.15) is 12.5 Å². The SMILES string of the molecule is CC1CN(Cc2c(F)ccc(Br)c2F)CC(CO)O1. The molecule has 1 aliphatic heterocycles. The van der Waals surface area contributed by atoms with E-state index in [1.807, 2.05) is 11.8 Å². The maximum atomic E-state index is 13.9. The lowest BCUT2D eigenvalue weighted by Crippen LogP contribution is -2.47. The first-order valence-corrected chi connectivity index (χ1v) is 6.91. The molecule has 1 saturated heterocycles. The van der Waals surface area contributed by atoms with Crippen LogP contribution < -0.4 is 0 Å². The van der Waals surface area contributed by atoms with Gasteiger partial charge in [0.05, 0.1) is 23.3 Å². The Morgan fingerprint density at radius 2 is 2.16 bits per heavy atom. The minimum atomic E-state index is -0.570. The Labute approximate surface area is 119 Å². The van der Waals surface area contributed by atoms with E-state index in [-0.39, 0.29) is 35.4 Å². The van der Waals surface area contributed by atoms with Crippen molar-refractivity contribution in [3.63, 3.8) is 0 Å². The van der Waals surface area contributed by atoms with E-state index in [4.69, 9.17) is 9.84 Å². The molecule has 0 aromatic heterocycles. The lowest BCUT2D eigenvalue weighted by atomic mass is 10.1. The predicted octanol–water partition coefficient (Wildman–Crippen LogP) is 2.31. The Balaban J connectivity index is 2.14. The minimum Gasteiger partial charge on any atom is -0.394 e. The zero-order chi connectivity index (χ0) is 14.0. The molecule has 19 heavy (non-hydrogen) atoms. The van der Waals surface area contributed by atoms with Gasteiger partial charge in [0.2, 0.25) is 0 Å². The maximum absolute atomic E-state index is 13.9. The summed E-state index contributed by atoms with van der Waals surface area (Å²) in [6.07, 6.45) is -0.369. The molecule has 2 unspecified atom stereocenters. The number of morpholine rings is 1. The Bertz CT molecular complexity index is 459. The third-order valence-electron chi connectivity index (χ3n) is 3.13. The quantitative estimate of drug-likeness (QED) is 0.860. The molecule has 2 rings (SSSR count). The fourth-order valence-corrected chi connectivity index (χ4v) is 2.68. The average molecular weight is 336 g/mol. The molecule has 1 heterocycles. The number of aliphatic hydroxyl groups excluding tert-OH is 1. The first kappa shape index (κ1) is 14.8. The van der Waals surface area contributed by atoms with Crippen LogP contribution in [-0.2, 0) is 11.3 Å². The van der Waals surface area contributed by atoms with Crippen LogP contribution in [0, 0.1) is 11.6 Å². The molecule has 106 valence electrons. The van der Waals surface area contributed by atoms with Crippen LogP contribution in [-0.4, -0.2) is 41.9 Å². The van der Waals surface area contributed by atoms with Crippen LogP contribution in [0.2, 0.25) is 0 Å². The molecule has 1 aromatic rings. The van der Waals surface area contributed by atoms with E-state index in [2.05, 4.69) is 15.9 Å². The Hall–Kier alpha value is -0.560. The van der Waals surface area contributed by atoms with Gasteiger partial charge in [-0.05, 0) is 35.0 Å². The highest BCUT2D eigenvalue weighted by Crippen LogP contribution is 2.24. The van der Waals surface area contributed by atoms with Crippen LogP contribution in [0.3, 0.4) is 0 Å². The van der Waals surface area contributed by atoms with Gasteiger partial charge in [0.15, 0.2) is 0 Å². The first-order chi connectivity index (χ1) is 9.01. The fraction of sp³-hybridized carbons (Fsp3) is 0.538. The van der Waals surface area contributed by atoms with Gasteiger partial charge in [0.1, 0.15) is 11.6 Å². The van der Waals surface area contributed by atoms with Gasteiger partial charge in [-0.2, -0.15) is 0 Å². The maximum Gasteiger partial charge on any atom is 0.144 e. The van der Waals surface area contributed by atoms with Gasteiger partial charge in [0, 0.05) is 25.2 Å². The first-order valence-electron chi connectivity index (χ1n) is 6.12. The summed E-state index contributed by atoms with van der Waals surface area (Å²) in [4.78, 5) is 1.89. The zero-order valence-corrected chi connectivity index (χ0v) is 12.2. The molecule has 0 spiro atoms. The molecule has 1 aliphatic rings. The molecular formula is C13H16BrF2NO2. The van der Waals surface area contributed by atoms with Crippen LogP contribution in [0.5, 0.6) is 0 Å². The highest BCUT2D eigenvalue weighted by molar-refractivity contribution is 9.10. The number of hydrogen-bond acceptors (Lipinski definition) is 3. The lowest BCUT2D eigenvalue weighted by molar-refractivity contribution is -0.0976. The number of benzene rings is 1. The molecule has 6 heteroatoms. The summed E-state index contributed by atoms with van der Waals surface area (Å²) in [6.45, 7) is 3.00. The molecule has 0 radical (unpaired) electrons. The molecular weight excluding hydrogens is 320 g/mol. The summed E-state index contributed by atoms with van der Waals surface area (Å²) in [7, 11) is 0. The van der Waals surface area contributed by atoms with Crippen molar-refractivity contribution in [1.29, 1.82) is 0 Å². The third-order valence-corrected chi connectivity index (χ3v) is 3.74. The van der Waals surface area contributed by atoms with Crippen LogP contribution >= 0.6 is 15.9 Å². The van der Waals surface area contributed by atoms with Crippen molar-refractivity contribution in [2.24, 2.45) is 0 Å². The lowest BCUT2D eigenvalue weighted by Gasteiger charge is -2.36. The van der Waals surface area contributed by atoms with Crippen molar-refractivity contribution >= 4 is 15.9 Å². The molecule has 2 atom stereocenters.